The molecule has 22 heavy (non-hydrogen) atoms. The molecule has 0 bridgehead atoms. The average Bonchev–Trinajstić information content (AvgIpc) is 2.49. The largest absolute Gasteiger partial charge is 0.493 e. The zero-order valence-corrected chi connectivity index (χ0v) is 14.6. The lowest BCUT2D eigenvalue weighted by atomic mass is 10.2. The topological polar surface area (TPSA) is 38.3 Å². The van der Waals surface area contributed by atoms with E-state index in [4.69, 9.17) is 4.74 Å². The number of aryl methyl sites for hydroxylation is 1. The Balaban J connectivity index is 2.01. The average molecular weight is 362 g/mol. The molecule has 0 aliphatic heterocycles. The highest BCUT2D eigenvalue weighted by Crippen LogP contribution is 2.21. The monoisotopic (exact) mass is 361 g/mol. The van der Waals surface area contributed by atoms with E-state index in [0.717, 1.165) is 21.5 Å². The fraction of sp³-hybridized carbons (Fsp3) is 0.278. The van der Waals surface area contributed by atoms with E-state index >= 15 is 0 Å². The summed E-state index contributed by atoms with van der Waals surface area (Å²) in [6.45, 7) is 6.86. The summed E-state index contributed by atoms with van der Waals surface area (Å²) < 4.78 is 6.64. The fourth-order valence-corrected chi connectivity index (χ4v) is 2.14. The Hall–Kier alpha value is -1.81. The molecule has 0 radical (unpaired) electrons. The second-order valence-corrected chi connectivity index (χ2v) is 6.50. The van der Waals surface area contributed by atoms with Crippen LogP contribution in [0.3, 0.4) is 0 Å². The molecule has 4 heteroatoms. The summed E-state index contributed by atoms with van der Waals surface area (Å²) in [6, 6.07) is 12.9. The quantitative estimate of drug-likeness (QED) is 0.809. The maximum absolute atomic E-state index is 12.2. The first-order valence-corrected chi connectivity index (χ1v) is 8.05. The zero-order valence-electron chi connectivity index (χ0n) is 13.0. The molecule has 0 atom stereocenters. The first-order chi connectivity index (χ1) is 10.5. The van der Waals surface area contributed by atoms with Crippen LogP contribution >= 0.6 is 15.9 Å². The van der Waals surface area contributed by atoms with Crippen LogP contribution in [0.5, 0.6) is 5.75 Å². The van der Waals surface area contributed by atoms with Crippen LogP contribution in [0.15, 0.2) is 46.9 Å². The van der Waals surface area contributed by atoms with Gasteiger partial charge in [-0.1, -0.05) is 29.8 Å². The normalized spacial score (nSPS) is 10.6. The molecule has 0 fully saturated rings. The van der Waals surface area contributed by atoms with Gasteiger partial charge in [-0.3, -0.25) is 4.79 Å². The highest BCUT2D eigenvalue weighted by molar-refractivity contribution is 9.10. The number of carbonyl (C=O) groups is 1. The molecule has 0 aliphatic carbocycles. The Kier molecular flexibility index (Phi) is 5.61. The summed E-state index contributed by atoms with van der Waals surface area (Å²) in [5.41, 5.74) is 2.47. The highest BCUT2D eigenvalue weighted by atomic mass is 79.9. The number of hydrogen-bond donors (Lipinski definition) is 1. The van der Waals surface area contributed by atoms with Crippen molar-refractivity contribution in [3.63, 3.8) is 0 Å². The molecule has 3 nitrogen and oxygen atoms in total. The lowest BCUT2D eigenvalue weighted by Crippen LogP contribution is -2.12. The molecule has 1 amide bonds. The van der Waals surface area contributed by atoms with Gasteiger partial charge in [-0.05, 0) is 60.9 Å². The van der Waals surface area contributed by atoms with E-state index in [1.807, 2.05) is 37.3 Å². The van der Waals surface area contributed by atoms with E-state index in [1.165, 1.54) is 0 Å². The number of benzene rings is 2. The molecule has 0 spiro atoms. The van der Waals surface area contributed by atoms with E-state index in [9.17, 15) is 4.79 Å². The Labute approximate surface area is 139 Å². The number of ether oxygens (including phenoxy) is 1. The number of amides is 1. The lowest BCUT2D eigenvalue weighted by molar-refractivity contribution is 0.102. The Morgan fingerprint density at radius 1 is 1.18 bits per heavy atom. The first-order valence-electron chi connectivity index (χ1n) is 7.26. The van der Waals surface area contributed by atoms with Crippen molar-refractivity contribution >= 4 is 27.5 Å². The van der Waals surface area contributed by atoms with Gasteiger partial charge in [0.25, 0.3) is 5.91 Å². The van der Waals surface area contributed by atoms with E-state index in [-0.39, 0.29) is 5.91 Å². The molecule has 0 aromatic heterocycles. The van der Waals surface area contributed by atoms with Gasteiger partial charge in [0.15, 0.2) is 0 Å². The van der Waals surface area contributed by atoms with Gasteiger partial charge in [0, 0.05) is 15.7 Å². The van der Waals surface area contributed by atoms with E-state index < -0.39 is 0 Å². The van der Waals surface area contributed by atoms with Crippen LogP contribution in [0.25, 0.3) is 0 Å². The number of anilines is 1. The SMILES string of the molecule is Cc1cc(NC(=O)c2ccc(OCC(C)C)cc2)ccc1Br. The van der Waals surface area contributed by atoms with Crippen molar-refractivity contribution in [1.29, 1.82) is 0 Å². The molecule has 2 aromatic carbocycles. The van der Waals surface area contributed by atoms with Crippen molar-refractivity contribution in [3.05, 3.63) is 58.1 Å². The summed E-state index contributed by atoms with van der Waals surface area (Å²) in [5, 5.41) is 2.90. The predicted molar refractivity (Wildman–Crippen MR) is 93.6 cm³/mol. The van der Waals surface area contributed by atoms with Gasteiger partial charge >= 0.3 is 0 Å². The van der Waals surface area contributed by atoms with Crippen molar-refractivity contribution in [2.75, 3.05) is 11.9 Å². The Morgan fingerprint density at radius 2 is 1.86 bits per heavy atom. The van der Waals surface area contributed by atoms with Gasteiger partial charge < -0.3 is 10.1 Å². The molecule has 1 N–H and O–H groups in total. The van der Waals surface area contributed by atoms with Gasteiger partial charge in [0.05, 0.1) is 6.61 Å². The summed E-state index contributed by atoms with van der Waals surface area (Å²) in [4.78, 5) is 12.2. The van der Waals surface area contributed by atoms with E-state index in [2.05, 4.69) is 35.1 Å². The smallest absolute Gasteiger partial charge is 0.255 e. The number of carbonyl (C=O) groups excluding carboxylic acids is 1. The molecule has 0 heterocycles. The van der Waals surface area contributed by atoms with Crippen LogP contribution < -0.4 is 10.1 Å². The predicted octanol–water partition coefficient (Wildman–Crippen LogP) is 5.04. The molecular formula is C18H20BrNO2. The standard InChI is InChI=1S/C18H20BrNO2/c1-12(2)11-22-16-7-4-14(5-8-16)18(21)20-15-6-9-17(19)13(3)10-15/h4-10,12H,11H2,1-3H3,(H,20,21). The van der Waals surface area contributed by atoms with E-state index in [1.54, 1.807) is 12.1 Å². The molecule has 0 unspecified atom stereocenters. The molecule has 2 aromatic rings. The van der Waals surface area contributed by atoms with Crippen LogP contribution in [0.4, 0.5) is 5.69 Å². The Morgan fingerprint density at radius 3 is 2.45 bits per heavy atom. The maximum Gasteiger partial charge on any atom is 0.255 e. The second-order valence-electron chi connectivity index (χ2n) is 5.65. The third-order valence-electron chi connectivity index (χ3n) is 3.12. The highest BCUT2D eigenvalue weighted by Gasteiger charge is 2.07. The first kappa shape index (κ1) is 16.6. The van der Waals surface area contributed by atoms with Crippen LogP contribution in [-0.2, 0) is 0 Å². The van der Waals surface area contributed by atoms with Gasteiger partial charge in [-0.15, -0.1) is 0 Å². The lowest BCUT2D eigenvalue weighted by Gasteiger charge is -2.10. The van der Waals surface area contributed by atoms with Crippen molar-refractivity contribution in [2.24, 2.45) is 5.92 Å². The summed E-state index contributed by atoms with van der Waals surface area (Å²) in [7, 11) is 0. The summed E-state index contributed by atoms with van der Waals surface area (Å²) in [6.07, 6.45) is 0. The zero-order chi connectivity index (χ0) is 16.1. The van der Waals surface area contributed by atoms with Crippen molar-refractivity contribution in [1.82, 2.24) is 0 Å². The minimum absolute atomic E-state index is 0.128. The maximum atomic E-state index is 12.2. The van der Waals surface area contributed by atoms with Gasteiger partial charge in [0.2, 0.25) is 0 Å². The summed E-state index contributed by atoms with van der Waals surface area (Å²) >= 11 is 3.45. The third kappa shape index (κ3) is 4.60. The Bertz CT molecular complexity index is 651. The molecular weight excluding hydrogens is 342 g/mol. The van der Waals surface area contributed by atoms with Crippen LogP contribution in [0, 0.1) is 12.8 Å². The molecule has 0 saturated heterocycles. The number of hydrogen-bond acceptors (Lipinski definition) is 2. The number of rotatable bonds is 5. The van der Waals surface area contributed by atoms with Gasteiger partial charge in [0.1, 0.15) is 5.75 Å². The molecule has 0 saturated carbocycles. The van der Waals surface area contributed by atoms with Crippen LogP contribution in [0.2, 0.25) is 0 Å². The summed E-state index contributed by atoms with van der Waals surface area (Å²) in [5.74, 6) is 1.13. The van der Waals surface area contributed by atoms with Crippen molar-refractivity contribution in [2.45, 2.75) is 20.8 Å². The fourth-order valence-electron chi connectivity index (χ4n) is 1.89. The second kappa shape index (κ2) is 7.45. The van der Waals surface area contributed by atoms with Crippen molar-refractivity contribution < 1.29 is 9.53 Å². The minimum Gasteiger partial charge on any atom is -0.493 e. The van der Waals surface area contributed by atoms with Gasteiger partial charge in [-0.2, -0.15) is 0 Å². The number of nitrogens with one attached hydrogen (secondary N) is 1. The molecule has 0 aliphatic rings. The molecule has 116 valence electrons. The third-order valence-corrected chi connectivity index (χ3v) is 4.01. The van der Waals surface area contributed by atoms with E-state index in [0.29, 0.717) is 18.1 Å². The number of halogens is 1. The molecule has 2 rings (SSSR count). The minimum atomic E-state index is -0.128. The van der Waals surface area contributed by atoms with Gasteiger partial charge in [-0.25, -0.2) is 0 Å². The van der Waals surface area contributed by atoms with Crippen LogP contribution in [0.1, 0.15) is 29.8 Å². The van der Waals surface area contributed by atoms with Crippen molar-refractivity contribution in [3.8, 4) is 5.75 Å². The van der Waals surface area contributed by atoms with Crippen LogP contribution in [-0.4, -0.2) is 12.5 Å².